The van der Waals surface area contributed by atoms with Crippen LogP contribution in [0.3, 0.4) is 0 Å². The third kappa shape index (κ3) is 2.94. The summed E-state index contributed by atoms with van der Waals surface area (Å²) in [5.74, 6) is 0.669. The highest BCUT2D eigenvalue weighted by Gasteiger charge is 2.19. The SMILES string of the molecule is CC(CNCc1cccc2[nH]ccc12)C(C)(C)C. The molecule has 2 aromatic rings. The summed E-state index contributed by atoms with van der Waals surface area (Å²) in [6, 6.07) is 8.59. The molecule has 0 amide bonds. The largest absolute Gasteiger partial charge is 0.361 e. The molecule has 2 N–H and O–H groups in total. The molecule has 2 rings (SSSR count). The lowest BCUT2D eigenvalue weighted by atomic mass is 9.82. The average Bonchev–Trinajstić information content (AvgIpc) is 2.76. The summed E-state index contributed by atoms with van der Waals surface area (Å²) in [6.45, 7) is 11.2. The van der Waals surface area contributed by atoms with E-state index >= 15 is 0 Å². The van der Waals surface area contributed by atoms with Gasteiger partial charge in [0.15, 0.2) is 0 Å². The van der Waals surface area contributed by atoms with Crippen LogP contribution < -0.4 is 5.32 Å². The average molecular weight is 244 g/mol. The molecule has 0 aliphatic heterocycles. The Hall–Kier alpha value is -1.28. The van der Waals surface area contributed by atoms with Crippen molar-refractivity contribution in [3.63, 3.8) is 0 Å². The number of hydrogen-bond donors (Lipinski definition) is 2. The first-order chi connectivity index (χ1) is 8.48. The molecule has 1 unspecified atom stereocenters. The summed E-state index contributed by atoms with van der Waals surface area (Å²) in [7, 11) is 0. The molecule has 1 aromatic carbocycles. The highest BCUT2D eigenvalue weighted by Crippen LogP contribution is 2.24. The maximum atomic E-state index is 3.58. The number of rotatable bonds is 4. The Morgan fingerprint density at radius 2 is 2.00 bits per heavy atom. The second-order valence-corrected chi connectivity index (χ2v) is 6.25. The first kappa shape index (κ1) is 13.2. The number of fused-ring (bicyclic) bond motifs is 1. The van der Waals surface area contributed by atoms with Crippen molar-refractivity contribution in [2.45, 2.75) is 34.2 Å². The van der Waals surface area contributed by atoms with Gasteiger partial charge in [0.05, 0.1) is 0 Å². The van der Waals surface area contributed by atoms with Crippen LogP contribution in [0.25, 0.3) is 10.9 Å². The Labute approximate surface area is 110 Å². The van der Waals surface area contributed by atoms with E-state index in [-0.39, 0.29) is 0 Å². The van der Waals surface area contributed by atoms with Crippen molar-refractivity contribution in [2.75, 3.05) is 6.54 Å². The number of aromatic nitrogens is 1. The van der Waals surface area contributed by atoms with E-state index in [4.69, 9.17) is 0 Å². The smallest absolute Gasteiger partial charge is 0.0457 e. The molecule has 0 radical (unpaired) electrons. The molecule has 98 valence electrons. The van der Waals surface area contributed by atoms with Crippen molar-refractivity contribution in [3.8, 4) is 0 Å². The number of hydrogen-bond acceptors (Lipinski definition) is 1. The third-order valence-electron chi connectivity index (χ3n) is 3.93. The van der Waals surface area contributed by atoms with Crippen LogP contribution in [0.2, 0.25) is 0 Å². The highest BCUT2D eigenvalue weighted by molar-refractivity contribution is 5.82. The summed E-state index contributed by atoms with van der Waals surface area (Å²) < 4.78 is 0. The highest BCUT2D eigenvalue weighted by atomic mass is 14.9. The second-order valence-electron chi connectivity index (χ2n) is 6.25. The minimum atomic E-state index is 0.368. The Morgan fingerprint density at radius 1 is 1.22 bits per heavy atom. The van der Waals surface area contributed by atoms with Crippen LogP contribution in [-0.4, -0.2) is 11.5 Å². The molecule has 0 fully saturated rings. The fourth-order valence-electron chi connectivity index (χ4n) is 2.03. The van der Waals surface area contributed by atoms with Crippen LogP contribution in [0, 0.1) is 11.3 Å². The van der Waals surface area contributed by atoms with Gasteiger partial charge < -0.3 is 10.3 Å². The summed E-state index contributed by atoms with van der Waals surface area (Å²) in [6.07, 6.45) is 2.01. The van der Waals surface area contributed by atoms with E-state index in [9.17, 15) is 0 Å². The summed E-state index contributed by atoms with van der Waals surface area (Å²) >= 11 is 0. The van der Waals surface area contributed by atoms with Crippen molar-refractivity contribution >= 4 is 10.9 Å². The zero-order chi connectivity index (χ0) is 13.2. The van der Waals surface area contributed by atoms with Crippen molar-refractivity contribution in [1.82, 2.24) is 10.3 Å². The molecule has 2 nitrogen and oxygen atoms in total. The van der Waals surface area contributed by atoms with E-state index in [0.717, 1.165) is 13.1 Å². The van der Waals surface area contributed by atoms with Gasteiger partial charge in [0.2, 0.25) is 0 Å². The molecule has 0 saturated carbocycles. The van der Waals surface area contributed by atoms with Crippen LogP contribution in [0.4, 0.5) is 0 Å². The zero-order valence-electron chi connectivity index (χ0n) is 11.9. The third-order valence-corrected chi connectivity index (χ3v) is 3.93. The maximum absolute atomic E-state index is 3.58. The van der Waals surface area contributed by atoms with Crippen molar-refractivity contribution < 1.29 is 0 Å². The first-order valence-electron chi connectivity index (χ1n) is 6.74. The van der Waals surface area contributed by atoms with Gasteiger partial charge in [-0.25, -0.2) is 0 Å². The zero-order valence-corrected chi connectivity index (χ0v) is 11.9. The van der Waals surface area contributed by atoms with Crippen LogP contribution >= 0.6 is 0 Å². The van der Waals surface area contributed by atoms with Gasteiger partial charge in [0, 0.05) is 23.6 Å². The second kappa shape index (κ2) is 5.15. The molecule has 0 bridgehead atoms. The summed E-state index contributed by atoms with van der Waals surface area (Å²) in [5, 5.41) is 4.90. The number of nitrogens with one attached hydrogen (secondary N) is 2. The van der Waals surface area contributed by atoms with Crippen LogP contribution in [-0.2, 0) is 6.54 Å². The molecule has 2 heteroatoms. The first-order valence-corrected chi connectivity index (χ1v) is 6.74. The molecular weight excluding hydrogens is 220 g/mol. The van der Waals surface area contributed by atoms with Crippen molar-refractivity contribution in [2.24, 2.45) is 11.3 Å². The van der Waals surface area contributed by atoms with Crippen molar-refractivity contribution in [3.05, 3.63) is 36.0 Å². The van der Waals surface area contributed by atoms with Gasteiger partial charge in [-0.2, -0.15) is 0 Å². The summed E-state index contributed by atoms with van der Waals surface area (Å²) in [5.41, 5.74) is 2.96. The predicted octanol–water partition coefficient (Wildman–Crippen LogP) is 3.94. The molecule has 1 aromatic heterocycles. The van der Waals surface area contributed by atoms with E-state index in [1.165, 1.54) is 16.5 Å². The Kier molecular flexibility index (Phi) is 3.76. The molecule has 0 aliphatic rings. The molecule has 18 heavy (non-hydrogen) atoms. The monoisotopic (exact) mass is 244 g/mol. The van der Waals surface area contributed by atoms with Crippen LogP contribution in [0.5, 0.6) is 0 Å². The number of aromatic amines is 1. The molecule has 1 heterocycles. The van der Waals surface area contributed by atoms with E-state index in [2.05, 4.69) is 62.3 Å². The van der Waals surface area contributed by atoms with Crippen molar-refractivity contribution in [1.29, 1.82) is 0 Å². The molecular formula is C16H24N2. The minimum absolute atomic E-state index is 0.368. The normalized spacial score (nSPS) is 14.0. The van der Waals surface area contributed by atoms with E-state index in [1.54, 1.807) is 0 Å². The minimum Gasteiger partial charge on any atom is -0.361 e. The van der Waals surface area contributed by atoms with E-state index in [0.29, 0.717) is 11.3 Å². The lowest BCUT2D eigenvalue weighted by Gasteiger charge is -2.27. The van der Waals surface area contributed by atoms with Gasteiger partial charge in [-0.3, -0.25) is 0 Å². The predicted molar refractivity (Wildman–Crippen MR) is 78.6 cm³/mol. The molecule has 0 spiro atoms. The van der Waals surface area contributed by atoms with Gasteiger partial charge in [0.1, 0.15) is 0 Å². The fraction of sp³-hybridized carbons (Fsp3) is 0.500. The summed E-state index contributed by atoms with van der Waals surface area (Å²) in [4.78, 5) is 3.26. The van der Waals surface area contributed by atoms with E-state index in [1.807, 2.05) is 6.20 Å². The Balaban J connectivity index is 1.97. The van der Waals surface area contributed by atoms with E-state index < -0.39 is 0 Å². The standard InChI is InChI=1S/C16H24N2/c1-12(16(2,3)4)10-17-11-13-6-5-7-15-14(13)8-9-18-15/h5-9,12,17-18H,10-11H2,1-4H3. The maximum Gasteiger partial charge on any atom is 0.0457 e. The van der Waals surface area contributed by atoms with Gasteiger partial charge in [-0.1, -0.05) is 39.8 Å². The Bertz CT molecular complexity index is 505. The van der Waals surface area contributed by atoms with Gasteiger partial charge in [-0.05, 0) is 35.6 Å². The fourth-order valence-corrected chi connectivity index (χ4v) is 2.03. The van der Waals surface area contributed by atoms with Gasteiger partial charge in [-0.15, -0.1) is 0 Å². The Morgan fingerprint density at radius 3 is 2.72 bits per heavy atom. The lowest BCUT2D eigenvalue weighted by molar-refractivity contribution is 0.252. The number of H-pyrrole nitrogens is 1. The molecule has 0 saturated heterocycles. The molecule has 0 aliphatic carbocycles. The topological polar surface area (TPSA) is 27.8 Å². The quantitative estimate of drug-likeness (QED) is 0.837. The van der Waals surface area contributed by atoms with Gasteiger partial charge in [0.25, 0.3) is 0 Å². The number of benzene rings is 1. The van der Waals surface area contributed by atoms with Crippen LogP contribution in [0.15, 0.2) is 30.5 Å². The van der Waals surface area contributed by atoms with Crippen LogP contribution in [0.1, 0.15) is 33.3 Å². The molecule has 1 atom stereocenters. The van der Waals surface area contributed by atoms with Gasteiger partial charge >= 0.3 is 0 Å². The lowest BCUT2D eigenvalue weighted by Crippen LogP contribution is -2.29.